The Labute approximate surface area is 123 Å². The van der Waals surface area contributed by atoms with Crippen LogP contribution in [0, 0.1) is 0 Å². The smallest absolute Gasteiger partial charge is 0.237 e. The highest BCUT2D eigenvalue weighted by atomic mass is 32.1. The number of ether oxygens (including phenoxy) is 1. The maximum atomic E-state index is 11.8. The highest BCUT2D eigenvalue weighted by Crippen LogP contribution is 2.28. The number of methoxy groups -OCH3 is 1. The first-order valence-corrected chi connectivity index (χ1v) is 7.97. The van der Waals surface area contributed by atoms with E-state index in [0.717, 1.165) is 36.4 Å². The van der Waals surface area contributed by atoms with Crippen LogP contribution in [0.2, 0.25) is 0 Å². The molecular weight excluding hydrogens is 274 g/mol. The van der Waals surface area contributed by atoms with Crippen molar-refractivity contribution in [1.29, 1.82) is 0 Å². The molecule has 0 saturated heterocycles. The van der Waals surface area contributed by atoms with Crippen LogP contribution in [0.15, 0.2) is 5.38 Å². The second kappa shape index (κ2) is 6.65. The van der Waals surface area contributed by atoms with E-state index in [1.54, 1.807) is 18.4 Å². The molecule has 1 fully saturated rings. The Hall–Kier alpha value is -0.980. The van der Waals surface area contributed by atoms with Gasteiger partial charge in [0.1, 0.15) is 11.1 Å². The van der Waals surface area contributed by atoms with Gasteiger partial charge >= 0.3 is 0 Å². The highest BCUT2D eigenvalue weighted by Gasteiger charge is 2.37. The SMILES string of the molecule is COC(C)c1nc(CNC2(C(N)=O)CCCCC2)cs1. The number of primary amides is 1. The van der Waals surface area contributed by atoms with E-state index in [0.29, 0.717) is 6.54 Å². The van der Waals surface area contributed by atoms with Crippen LogP contribution >= 0.6 is 11.3 Å². The van der Waals surface area contributed by atoms with Gasteiger partial charge in [-0.1, -0.05) is 19.3 Å². The average molecular weight is 297 g/mol. The van der Waals surface area contributed by atoms with Crippen LogP contribution in [-0.2, 0) is 16.1 Å². The largest absolute Gasteiger partial charge is 0.375 e. The van der Waals surface area contributed by atoms with E-state index in [1.165, 1.54) is 6.42 Å². The third-order valence-electron chi connectivity index (χ3n) is 4.06. The molecule has 0 radical (unpaired) electrons. The number of nitrogens with two attached hydrogens (primary N) is 1. The Kier molecular flexibility index (Phi) is 5.12. The highest BCUT2D eigenvalue weighted by molar-refractivity contribution is 7.09. The predicted molar refractivity (Wildman–Crippen MR) is 79.4 cm³/mol. The number of nitrogens with zero attached hydrogens (tertiary/aromatic N) is 1. The second-order valence-corrected chi connectivity index (χ2v) is 6.31. The number of hydrogen-bond acceptors (Lipinski definition) is 5. The van der Waals surface area contributed by atoms with Gasteiger partial charge in [-0.15, -0.1) is 11.3 Å². The molecule has 1 unspecified atom stereocenters. The van der Waals surface area contributed by atoms with Gasteiger partial charge in [-0.05, 0) is 19.8 Å². The van der Waals surface area contributed by atoms with Gasteiger partial charge in [0, 0.05) is 19.0 Å². The molecule has 20 heavy (non-hydrogen) atoms. The number of thiazole rings is 1. The van der Waals surface area contributed by atoms with E-state index in [1.807, 2.05) is 12.3 Å². The molecule has 5 nitrogen and oxygen atoms in total. The van der Waals surface area contributed by atoms with E-state index < -0.39 is 5.54 Å². The Balaban J connectivity index is 1.99. The van der Waals surface area contributed by atoms with Gasteiger partial charge in [0.15, 0.2) is 0 Å². The molecule has 6 heteroatoms. The Morgan fingerprint density at radius 2 is 2.25 bits per heavy atom. The van der Waals surface area contributed by atoms with E-state index in [9.17, 15) is 4.79 Å². The molecule has 0 aromatic carbocycles. The number of carbonyl (C=O) groups is 1. The summed E-state index contributed by atoms with van der Waals surface area (Å²) in [5, 5.41) is 6.32. The van der Waals surface area contributed by atoms with E-state index in [2.05, 4.69) is 10.3 Å². The lowest BCUT2D eigenvalue weighted by Gasteiger charge is -2.35. The first kappa shape index (κ1) is 15.4. The van der Waals surface area contributed by atoms with Crippen LogP contribution in [0.25, 0.3) is 0 Å². The van der Waals surface area contributed by atoms with Crippen LogP contribution in [0.4, 0.5) is 0 Å². The summed E-state index contributed by atoms with van der Waals surface area (Å²) in [5.74, 6) is -0.238. The van der Waals surface area contributed by atoms with Crippen molar-refractivity contribution in [3.63, 3.8) is 0 Å². The molecule has 112 valence electrons. The third-order valence-corrected chi connectivity index (χ3v) is 5.11. The van der Waals surface area contributed by atoms with Crippen molar-refractivity contribution in [2.24, 2.45) is 5.73 Å². The summed E-state index contributed by atoms with van der Waals surface area (Å²) in [7, 11) is 1.67. The normalized spacial score (nSPS) is 19.7. The van der Waals surface area contributed by atoms with Crippen molar-refractivity contribution < 1.29 is 9.53 Å². The minimum Gasteiger partial charge on any atom is -0.375 e. The molecule has 2 rings (SSSR count). The number of amides is 1. The molecule has 0 spiro atoms. The molecule has 0 bridgehead atoms. The molecule has 1 amide bonds. The maximum absolute atomic E-state index is 11.8. The molecular formula is C14H23N3O2S. The lowest BCUT2D eigenvalue weighted by molar-refractivity contribution is -0.125. The Bertz CT molecular complexity index is 455. The molecule has 1 aliphatic carbocycles. The van der Waals surface area contributed by atoms with Crippen molar-refractivity contribution in [3.8, 4) is 0 Å². The fourth-order valence-electron chi connectivity index (χ4n) is 2.62. The van der Waals surface area contributed by atoms with Crippen LogP contribution in [0.3, 0.4) is 0 Å². The zero-order valence-electron chi connectivity index (χ0n) is 12.1. The van der Waals surface area contributed by atoms with Crippen molar-refractivity contribution >= 4 is 17.2 Å². The summed E-state index contributed by atoms with van der Waals surface area (Å²) in [6.07, 6.45) is 4.95. The second-order valence-electron chi connectivity index (χ2n) is 5.42. The lowest BCUT2D eigenvalue weighted by Crippen LogP contribution is -2.56. The molecule has 1 aliphatic rings. The quantitative estimate of drug-likeness (QED) is 0.843. The molecule has 1 heterocycles. The van der Waals surface area contributed by atoms with Gasteiger partial charge in [0.2, 0.25) is 5.91 Å². The molecule has 1 saturated carbocycles. The topological polar surface area (TPSA) is 77.2 Å². The third kappa shape index (κ3) is 3.37. The van der Waals surface area contributed by atoms with Crippen LogP contribution in [0.1, 0.15) is 55.8 Å². The maximum Gasteiger partial charge on any atom is 0.237 e. The first-order valence-electron chi connectivity index (χ1n) is 7.09. The predicted octanol–water partition coefficient (Wildman–Crippen LogP) is 2.13. The summed E-state index contributed by atoms with van der Waals surface area (Å²) in [5.41, 5.74) is 6.00. The number of aromatic nitrogens is 1. The average Bonchev–Trinajstić information content (AvgIpc) is 2.94. The van der Waals surface area contributed by atoms with Gasteiger partial charge in [-0.3, -0.25) is 10.1 Å². The van der Waals surface area contributed by atoms with E-state index in [4.69, 9.17) is 10.5 Å². The lowest BCUT2D eigenvalue weighted by atomic mass is 9.81. The van der Waals surface area contributed by atoms with E-state index in [-0.39, 0.29) is 12.0 Å². The molecule has 1 aromatic rings. The monoisotopic (exact) mass is 297 g/mol. The summed E-state index contributed by atoms with van der Waals surface area (Å²) in [6.45, 7) is 2.55. The number of rotatable bonds is 6. The molecule has 1 aromatic heterocycles. The van der Waals surface area contributed by atoms with E-state index >= 15 is 0 Å². The summed E-state index contributed by atoms with van der Waals surface area (Å²) in [4.78, 5) is 16.3. The minimum atomic E-state index is -0.547. The van der Waals surface area contributed by atoms with Gasteiger partial charge < -0.3 is 10.5 Å². The zero-order chi connectivity index (χ0) is 14.6. The van der Waals surface area contributed by atoms with Crippen LogP contribution in [-0.4, -0.2) is 23.5 Å². The van der Waals surface area contributed by atoms with Crippen molar-refractivity contribution in [1.82, 2.24) is 10.3 Å². The number of hydrogen-bond donors (Lipinski definition) is 2. The fraction of sp³-hybridized carbons (Fsp3) is 0.714. The van der Waals surface area contributed by atoms with Crippen molar-refractivity contribution in [3.05, 3.63) is 16.1 Å². The summed E-state index contributed by atoms with van der Waals surface area (Å²) in [6, 6.07) is 0. The van der Waals surface area contributed by atoms with Crippen LogP contribution < -0.4 is 11.1 Å². The zero-order valence-corrected chi connectivity index (χ0v) is 13.0. The summed E-state index contributed by atoms with van der Waals surface area (Å²) >= 11 is 1.58. The fourth-order valence-corrected chi connectivity index (χ4v) is 3.47. The summed E-state index contributed by atoms with van der Waals surface area (Å²) < 4.78 is 5.26. The van der Waals surface area contributed by atoms with Gasteiger partial charge in [-0.2, -0.15) is 0 Å². The molecule has 1 atom stereocenters. The Morgan fingerprint density at radius 1 is 1.55 bits per heavy atom. The van der Waals surface area contributed by atoms with Gasteiger partial charge in [0.05, 0.1) is 11.2 Å². The first-order chi connectivity index (χ1) is 9.57. The minimum absolute atomic E-state index is 0.00790. The van der Waals surface area contributed by atoms with Crippen LogP contribution in [0.5, 0.6) is 0 Å². The van der Waals surface area contributed by atoms with Crippen molar-refractivity contribution in [2.75, 3.05) is 7.11 Å². The molecule has 0 aliphatic heterocycles. The van der Waals surface area contributed by atoms with Gasteiger partial charge in [0.25, 0.3) is 0 Å². The Morgan fingerprint density at radius 3 is 2.85 bits per heavy atom. The number of carbonyl (C=O) groups excluding carboxylic acids is 1. The van der Waals surface area contributed by atoms with Gasteiger partial charge in [-0.25, -0.2) is 4.98 Å². The van der Waals surface area contributed by atoms with Crippen molar-refractivity contribution in [2.45, 2.75) is 57.2 Å². The molecule has 3 N–H and O–H groups in total. The number of nitrogens with one attached hydrogen (secondary N) is 1. The standard InChI is InChI=1S/C14H23N3O2S/c1-10(19-2)12-17-11(9-20-12)8-16-14(13(15)18)6-4-3-5-7-14/h9-10,16H,3-8H2,1-2H3,(H2,15,18).